The number of hydrogen-bond acceptors (Lipinski definition) is 3. The molecule has 0 bridgehead atoms. The Kier molecular flexibility index (Phi) is 4.20. The maximum Gasteiger partial charge on any atom is 0.216 e. The molecule has 1 atom stereocenters. The van der Waals surface area contributed by atoms with Gasteiger partial charge in [0.25, 0.3) is 0 Å². The summed E-state index contributed by atoms with van der Waals surface area (Å²) in [5.41, 5.74) is 2.56. The minimum atomic E-state index is 0.0131. The van der Waals surface area contributed by atoms with Crippen molar-refractivity contribution < 1.29 is 9.53 Å². The molecule has 18 heavy (non-hydrogen) atoms. The van der Waals surface area contributed by atoms with Gasteiger partial charge >= 0.3 is 0 Å². The van der Waals surface area contributed by atoms with Gasteiger partial charge in [-0.1, -0.05) is 12.1 Å². The molecule has 0 fully saturated rings. The van der Waals surface area contributed by atoms with E-state index >= 15 is 0 Å². The number of benzene rings is 1. The Morgan fingerprint density at radius 2 is 2.28 bits per heavy atom. The van der Waals surface area contributed by atoms with Crippen LogP contribution in [-0.4, -0.2) is 25.6 Å². The van der Waals surface area contributed by atoms with E-state index in [9.17, 15) is 4.79 Å². The van der Waals surface area contributed by atoms with E-state index in [-0.39, 0.29) is 11.9 Å². The Morgan fingerprint density at radius 1 is 1.44 bits per heavy atom. The van der Waals surface area contributed by atoms with Crippen LogP contribution in [0.5, 0.6) is 5.75 Å². The molecular weight excluding hydrogens is 228 g/mol. The summed E-state index contributed by atoms with van der Waals surface area (Å²) in [5, 5.41) is 6.16. The van der Waals surface area contributed by atoms with Gasteiger partial charge in [0.15, 0.2) is 0 Å². The van der Waals surface area contributed by atoms with Crippen LogP contribution >= 0.6 is 0 Å². The van der Waals surface area contributed by atoms with Crippen molar-refractivity contribution in [3.05, 3.63) is 29.3 Å². The maximum absolute atomic E-state index is 10.7. The fourth-order valence-corrected chi connectivity index (χ4v) is 2.12. The van der Waals surface area contributed by atoms with E-state index in [1.807, 2.05) is 6.07 Å². The molecule has 4 heteroatoms. The van der Waals surface area contributed by atoms with Gasteiger partial charge in [0, 0.05) is 32.5 Å². The number of rotatable bonds is 5. The van der Waals surface area contributed by atoms with Gasteiger partial charge in [0.1, 0.15) is 5.75 Å². The molecule has 2 rings (SSSR count). The molecule has 0 spiro atoms. The van der Waals surface area contributed by atoms with E-state index in [4.69, 9.17) is 4.74 Å². The molecule has 0 aromatic heterocycles. The SMILES string of the molecule is CC(=O)NCCNC(C)c1ccc2c(c1)CCO2. The number of ether oxygens (including phenoxy) is 1. The van der Waals surface area contributed by atoms with E-state index in [2.05, 4.69) is 29.7 Å². The van der Waals surface area contributed by atoms with Crippen molar-refractivity contribution in [3.63, 3.8) is 0 Å². The molecule has 1 aliphatic rings. The van der Waals surface area contributed by atoms with Crippen LogP contribution in [0.2, 0.25) is 0 Å². The third kappa shape index (κ3) is 3.23. The van der Waals surface area contributed by atoms with Crippen LogP contribution in [0.25, 0.3) is 0 Å². The third-order valence-electron chi connectivity index (χ3n) is 3.16. The molecule has 1 amide bonds. The second kappa shape index (κ2) is 5.87. The first-order valence-electron chi connectivity index (χ1n) is 6.40. The summed E-state index contributed by atoms with van der Waals surface area (Å²) in [6.45, 7) is 5.89. The van der Waals surface area contributed by atoms with Crippen LogP contribution in [0.3, 0.4) is 0 Å². The Labute approximate surface area is 108 Å². The van der Waals surface area contributed by atoms with E-state index in [0.717, 1.165) is 25.3 Å². The summed E-state index contributed by atoms with van der Waals surface area (Å²) in [5.74, 6) is 1.03. The standard InChI is InChI=1S/C14H20N2O2/c1-10(15-6-7-16-11(2)17)12-3-4-14-13(9-12)5-8-18-14/h3-4,9-10,15H,5-8H2,1-2H3,(H,16,17). The largest absolute Gasteiger partial charge is 0.493 e. The average molecular weight is 248 g/mol. The summed E-state index contributed by atoms with van der Waals surface area (Å²) >= 11 is 0. The number of carbonyl (C=O) groups excluding carboxylic acids is 1. The highest BCUT2D eigenvalue weighted by atomic mass is 16.5. The normalized spacial score (nSPS) is 14.8. The highest BCUT2D eigenvalue weighted by Crippen LogP contribution is 2.27. The zero-order chi connectivity index (χ0) is 13.0. The fourth-order valence-electron chi connectivity index (χ4n) is 2.12. The Balaban J connectivity index is 1.85. The molecule has 0 radical (unpaired) electrons. The molecule has 1 aromatic rings. The lowest BCUT2D eigenvalue weighted by atomic mass is 10.0. The van der Waals surface area contributed by atoms with E-state index in [1.54, 1.807) is 0 Å². The summed E-state index contributed by atoms with van der Waals surface area (Å²) in [4.78, 5) is 10.7. The molecule has 4 nitrogen and oxygen atoms in total. The van der Waals surface area contributed by atoms with Crippen molar-refractivity contribution in [1.29, 1.82) is 0 Å². The molecule has 0 aliphatic carbocycles. The maximum atomic E-state index is 10.7. The van der Waals surface area contributed by atoms with Crippen molar-refractivity contribution in [2.24, 2.45) is 0 Å². The first kappa shape index (κ1) is 12.9. The lowest BCUT2D eigenvalue weighted by Crippen LogP contribution is -2.31. The van der Waals surface area contributed by atoms with Gasteiger partial charge in [-0.15, -0.1) is 0 Å². The van der Waals surface area contributed by atoms with Gasteiger partial charge < -0.3 is 15.4 Å². The first-order valence-corrected chi connectivity index (χ1v) is 6.40. The molecule has 98 valence electrons. The quantitative estimate of drug-likeness (QED) is 0.775. The van der Waals surface area contributed by atoms with Crippen molar-refractivity contribution in [1.82, 2.24) is 10.6 Å². The Bertz CT molecular complexity index is 432. The van der Waals surface area contributed by atoms with Crippen LogP contribution in [0.15, 0.2) is 18.2 Å². The van der Waals surface area contributed by atoms with E-state index < -0.39 is 0 Å². The van der Waals surface area contributed by atoms with Crippen LogP contribution in [0.1, 0.15) is 31.0 Å². The molecule has 0 saturated heterocycles. The van der Waals surface area contributed by atoms with Crippen molar-refractivity contribution >= 4 is 5.91 Å². The van der Waals surface area contributed by atoms with Crippen LogP contribution < -0.4 is 15.4 Å². The number of nitrogens with one attached hydrogen (secondary N) is 2. The zero-order valence-electron chi connectivity index (χ0n) is 11.0. The summed E-state index contributed by atoms with van der Waals surface area (Å²) in [6, 6.07) is 6.63. The second-order valence-corrected chi connectivity index (χ2v) is 4.62. The van der Waals surface area contributed by atoms with Gasteiger partial charge in [-0.25, -0.2) is 0 Å². The predicted octanol–water partition coefficient (Wildman–Crippen LogP) is 1.41. The van der Waals surface area contributed by atoms with E-state index in [1.165, 1.54) is 18.1 Å². The van der Waals surface area contributed by atoms with Gasteiger partial charge in [-0.05, 0) is 24.1 Å². The predicted molar refractivity (Wildman–Crippen MR) is 70.7 cm³/mol. The number of amides is 1. The highest BCUT2D eigenvalue weighted by Gasteiger charge is 2.14. The lowest BCUT2D eigenvalue weighted by molar-refractivity contribution is -0.118. The van der Waals surface area contributed by atoms with Gasteiger partial charge in [-0.2, -0.15) is 0 Å². The number of hydrogen-bond donors (Lipinski definition) is 2. The van der Waals surface area contributed by atoms with Gasteiger partial charge in [0.05, 0.1) is 6.61 Å². The summed E-state index contributed by atoms with van der Waals surface area (Å²) < 4.78 is 5.49. The summed E-state index contributed by atoms with van der Waals surface area (Å²) in [6.07, 6.45) is 1.00. The van der Waals surface area contributed by atoms with Crippen molar-refractivity contribution in [2.45, 2.75) is 26.3 Å². The van der Waals surface area contributed by atoms with E-state index in [0.29, 0.717) is 6.54 Å². The van der Waals surface area contributed by atoms with Crippen molar-refractivity contribution in [2.75, 3.05) is 19.7 Å². The molecule has 1 unspecified atom stereocenters. The fraction of sp³-hybridized carbons (Fsp3) is 0.500. The summed E-state index contributed by atoms with van der Waals surface area (Å²) in [7, 11) is 0. The Hall–Kier alpha value is -1.55. The minimum absolute atomic E-state index is 0.0131. The number of fused-ring (bicyclic) bond motifs is 1. The van der Waals surface area contributed by atoms with Crippen LogP contribution in [-0.2, 0) is 11.2 Å². The molecule has 2 N–H and O–H groups in total. The van der Waals surface area contributed by atoms with Crippen molar-refractivity contribution in [3.8, 4) is 5.75 Å². The molecule has 1 aliphatic heterocycles. The molecule has 1 heterocycles. The van der Waals surface area contributed by atoms with Crippen LogP contribution in [0, 0.1) is 0 Å². The van der Waals surface area contributed by atoms with Gasteiger partial charge in [-0.3, -0.25) is 4.79 Å². The minimum Gasteiger partial charge on any atom is -0.493 e. The van der Waals surface area contributed by atoms with Gasteiger partial charge in [0.2, 0.25) is 5.91 Å². The topological polar surface area (TPSA) is 50.4 Å². The monoisotopic (exact) mass is 248 g/mol. The average Bonchev–Trinajstić information content (AvgIpc) is 2.81. The van der Waals surface area contributed by atoms with Crippen LogP contribution in [0.4, 0.5) is 0 Å². The highest BCUT2D eigenvalue weighted by molar-refractivity contribution is 5.72. The molecule has 1 aromatic carbocycles. The number of carbonyl (C=O) groups is 1. The Morgan fingerprint density at radius 3 is 3.06 bits per heavy atom. The first-order chi connectivity index (χ1) is 8.66. The third-order valence-corrected chi connectivity index (χ3v) is 3.16. The smallest absolute Gasteiger partial charge is 0.216 e. The molecular formula is C14H20N2O2. The lowest BCUT2D eigenvalue weighted by Gasteiger charge is -2.15. The zero-order valence-corrected chi connectivity index (χ0v) is 11.0. The second-order valence-electron chi connectivity index (χ2n) is 4.62. The molecule has 0 saturated carbocycles.